The number of halogens is 2. The minimum atomic E-state index is -0.708. The molecular weight excluding hydrogens is 407 g/mol. The standard InChI is InChI=1S/C23H20ClFN2O3/c1-30-23(29)21-19(13-9-11-14(24)12-10-13)20-17(7-4-8-18(20)28)27(22(21)26)16-6-3-2-5-15(16)25/h2-3,5-6,9-12,19H,4,7-8,26H2,1H3. The van der Waals surface area contributed by atoms with Crippen molar-refractivity contribution in [1.82, 2.24) is 0 Å². The first-order valence-electron chi connectivity index (χ1n) is 9.58. The van der Waals surface area contributed by atoms with Gasteiger partial charge < -0.3 is 10.5 Å². The van der Waals surface area contributed by atoms with Crippen LogP contribution >= 0.6 is 11.6 Å². The monoisotopic (exact) mass is 426 g/mol. The fourth-order valence-electron chi connectivity index (χ4n) is 4.19. The van der Waals surface area contributed by atoms with E-state index < -0.39 is 17.7 Å². The van der Waals surface area contributed by atoms with Crippen LogP contribution in [0.4, 0.5) is 10.1 Å². The first-order chi connectivity index (χ1) is 14.4. The molecule has 7 heteroatoms. The molecule has 0 radical (unpaired) electrons. The number of allylic oxidation sites excluding steroid dienone is 2. The van der Waals surface area contributed by atoms with Crippen molar-refractivity contribution in [3.63, 3.8) is 0 Å². The van der Waals surface area contributed by atoms with Crippen LogP contribution in [0.15, 0.2) is 71.2 Å². The first kappa shape index (κ1) is 20.2. The number of rotatable bonds is 3. The molecule has 1 atom stereocenters. The number of nitrogens with zero attached hydrogens (tertiary/aromatic N) is 1. The van der Waals surface area contributed by atoms with Gasteiger partial charge in [0, 0.05) is 22.7 Å². The van der Waals surface area contributed by atoms with Gasteiger partial charge >= 0.3 is 5.97 Å². The van der Waals surface area contributed by atoms with E-state index in [1.165, 1.54) is 18.1 Å². The van der Waals surface area contributed by atoms with E-state index >= 15 is 0 Å². The van der Waals surface area contributed by atoms with Crippen molar-refractivity contribution in [2.45, 2.75) is 25.2 Å². The van der Waals surface area contributed by atoms with Crippen LogP contribution in [0.3, 0.4) is 0 Å². The van der Waals surface area contributed by atoms with Gasteiger partial charge in [0.05, 0.1) is 24.3 Å². The third-order valence-electron chi connectivity index (χ3n) is 5.49. The van der Waals surface area contributed by atoms with E-state index in [1.54, 1.807) is 42.5 Å². The topological polar surface area (TPSA) is 72.6 Å². The Labute approximate surface area is 178 Å². The van der Waals surface area contributed by atoms with Gasteiger partial charge in [-0.05, 0) is 42.7 Å². The van der Waals surface area contributed by atoms with Crippen LogP contribution in [-0.4, -0.2) is 18.9 Å². The SMILES string of the molecule is COC(=O)C1=C(N)N(c2ccccc2F)C2=C(C(=O)CCC2)C1c1ccc(Cl)cc1. The highest BCUT2D eigenvalue weighted by Gasteiger charge is 2.43. The second kappa shape index (κ2) is 7.95. The molecule has 1 aliphatic heterocycles. The highest BCUT2D eigenvalue weighted by Crippen LogP contribution is 2.47. The summed E-state index contributed by atoms with van der Waals surface area (Å²) in [5.74, 6) is -1.91. The Morgan fingerprint density at radius 2 is 1.87 bits per heavy atom. The minimum absolute atomic E-state index is 0.0559. The Hall–Kier alpha value is -3.12. The van der Waals surface area contributed by atoms with Crippen LogP contribution in [-0.2, 0) is 14.3 Å². The normalized spacial score (nSPS) is 19.1. The summed E-state index contributed by atoms with van der Waals surface area (Å²) in [6, 6.07) is 13.0. The van der Waals surface area contributed by atoms with Gasteiger partial charge in [0.15, 0.2) is 5.78 Å². The summed E-state index contributed by atoms with van der Waals surface area (Å²) >= 11 is 6.03. The number of anilines is 1. The number of hydrogen-bond acceptors (Lipinski definition) is 5. The van der Waals surface area contributed by atoms with Gasteiger partial charge in [-0.25, -0.2) is 9.18 Å². The van der Waals surface area contributed by atoms with Crippen LogP contribution < -0.4 is 10.6 Å². The number of ketones is 1. The Kier molecular flexibility index (Phi) is 5.35. The minimum Gasteiger partial charge on any atom is -0.466 e. The Morgan fingerprint density at radius 3 is 2.53 bits per heavy atom. The summed E-state index contributed by atoms with van der Waals surface area (Å²) in [6.45, 7) is 0. The lowest BCUT2D eigenvalue weighted by Gasteiger charge is -2.40. The van der Waals surface area contributed by atoms with Gasteiger partial charge in [-0.15, -0.1) is 0 Å². The summed E-state index contributed by atoms with van der Waals surface area (Å²) in [5.41, 5.74) is 8.53. The van der Waals surface area contributed by atoms with E-state index in [0.29, 0.717) is 41.1 Å². The molecule has 0 saturated carbocycles. The van der Waals surface area contributed by atoms with Crippen LogP contribution in [0.5, 0.6) is 0 Å². The van der Waals surface area contributed by atoms with E-state index in [4.69, 9.17) is 22.1 Å². The van der Waals surface area contributed by atoms with Crippen LogP contribution in [0, 0.1) is 5.82 Å². The third-order valence-corrected chi connectivity index (χ3v) is 5.75. The van der Waals surface area contributed by atoms with E-state index in [2.05, 4.69) is 0 Å². The zero-order chi connectivity index (χ0) is 21.4. The summed E-state index contributed by atoms with van der Waals surface area (Å²) in [6.07, 6.45) is 1.51. The summed E-state index contributed by atoms with van der Waals surface area (Å²) in [5, 5.41) is 0.531. The predicted octanol–water partition coefficient (Wildman–Crippen LogP) is 4.43. The highest BCUT2D eigenvalue weighted by atomic mass is 35.5. The number of nitrogens with two attached hydrogens (primary N) is 1. The third kappa shape index (κ3) is 3.27. The average molecular weight is 427 g/mol. The molecule has 0 amide bonds. The Morgan fingerprint density at radius 1 is 1.17 bits per heavy atom. The molecule has 0 aromatic heterocycles. The smallest absolute Gasteiger partial charge is 0.338 e. The van der Waals surface area contributed by atoms with Crippen molar-refractivity contribution in [3.8, 4) is 0 Å². The van der Waals surface area contributed by atoms with Gasteiger partial charge in [-0.1, -0.05) is 35.9 Å². The highest BCUT2D eigenvalue weighted by molar-refractivity contribution is 6.30. The van der Waals surface area contributed by atoms with Gasteiger partial charge in [0.1, 0.15) is 11.6 Å². The summed E-state index contributed by atoms with van der Waals surface area (Å²) in [4.78, 5) is 27.4. The quantitative estimate of drug-likeness (QED) is 0.735. The molecule has 4 rings (SSSR count). The molecule has 2 aromatic carbocycles. The molecule has 2 aromatic rings. The second-order valence-electron chi connectivity index (χ2n) is 7.20. The maximum atomic E-state index is 14.7. The summed E-state index contributed by atoms with van der Waals surface area (Å²) < 4.78 is 19.7. The van der Waals surface area contributed by atoms with Crippen molar-refractivity contribution in [2.24, 2.45) is 5.73 Å². The number of esters is 1. The molecule has 5 nitrogen and oxygen atoms in total. The number of Topliss-reactive ketones (excluding diaryl/α,β-unsaturated/α-hetero) is 1. The zero-order valence-corrected chi connectivity index (χ0v) is 17.1. The molecule has 0 bridgehead atoms. The van der Waals surface area contributed by atoms with Gasteiger partial charge in [0.25, 0.3) is 0 Å². The van der Waals surface area contributed by atoms with E-state index in [0.717, 1.165) is 0 Å². The van der Waals surface area contributed by atoms with Gasteiger partial charge in [-0.3, -0.25) is 9.69 Å². The number of carbonyl (C=O) groups excluding carboxylic acids is 2. The predicted molar refractivity (Wildman–Crippen MR) is 112 cm³/mol. The van der Waals surface area contributed by atoms with Crippen molar-refractivity contribution in [2.75, 3.05) is 12.0 Å². The fraction of sp³-hybridized carbons (Fsp3) is 0.217. The molecule has 1 heterocycles. The molecule has 0 saturated heterocycles. The maximum Gasteiger partial charge on any atom is 0.338 e. The first-order valence-corrected chi connectivity index (χ1v) is 9.96. The second-order valence-corrected chi connectivity index (χ2v) is 7.64. The number of ether oxygens (including phenoxy) is 1. The number of methoxy groups -OCH3 is 1. The fourth-order valence-corrected chi connectivity index (χ4v) is 4.32. The van der Waals surface area contributed by atoms with E-state index in [-0.39, 0.29) is 22.9 Å². The number of benzene rings is 2. The van der Waals surface area contributed by atoms with Crippen LogP contribution in [0.25, 0.3) is 0 Å². The van der Waals surface area contributed by atoms with Crippen molar-refractivity contribution in [3.05, 3.63) is 87.6 Å². The van der Waals surface area contributed by atoms with E-state index in [9.17, 15) is 14.0 Å². The van der Waals surface area contributed by atoms with Crippen molar-refractivity contribution in [1.29, 1.82) is 0 Å². The largest absolute Gasteiger partial charge is 0.466 e. The molecule has 0 spiro atoms. The summed E-state index contributed by atoms with van der Waals surface area (Å²) in [7, 11) is 1.25. The van der Waals surface area contributed by atoms with Crippen molar-refractivity contribution >= 4 is 29.0 Å². The average Bonchev–Trinajstić information content (AvgIpc) is 2.74. The lowest BCUT2D eigenvalue weighted by molar-refractivity contribution is -0.136. The zero-order valence-electron chi connectivity index (χ0n) is 16.3. The molecule has 0 fully saturated rings. The van der Waals surface area contributed by atoms with Crippen molar-refractivity contribution < 1.29 is 18.7 Å². The molecule has 1 unspecified atom stereocenters. The van der Waals surface area contributed by atoms with Gasteiger partial charge in [0.2, 0.25) is 0 Å². The molecule has 1 aliphatic carbocycles. The molecule has 2 N–H and O–H groups in total. The maximum absolute atomic E-state index is 14.7. The lowest BCUT2D eigenvalue weighted by atomic mass is 9.75. The molecular formula is C23H20ClFN2O3. The molecule has 154 valence electrons. The molecule has 2 aliphatic rings. The Bertz CT molecular complexity index is 1090. The molecule has 30 heavy (non-hydrogen) atoms. The number of hydrogen-bond donors (Lipinski definition) is 1. The van der Waals surface area contributed by atoms with Crippen LogP contribution in [0.1, 0.15) is 30.7 Å². The Balaban J connectivity index is 2.02. The van der Waals surface area contributed by atoms with Gasteiger partial charge in [-0.2, -0.15) is 0 Å². The lowest BCUT2D eigenvalue weighted by Crippen LogP contribution is -2.41. The number of para-hydroxylation sites is 1. The van der Waals surface area contributed by atoms with E-state index in [1.807, 2.05) is 0 Å². The number of carbonyl (C=O) groups is 2. The van der Waals surface area contributed by atoms with Crippen LogP contribution in [0.2, 0.25) is 5.02 Å².